The number of carbonyl (C=O) groups excluding carboxylic acids is 1. The second-order valence-electron chi connectivity index (χ2n) is 5.17. The summed E-state index contributed by atoms with van der Waals surface area (Å²) in [7, 11) is -3.59. The van der Waals surface area contributed by atoms with Crippen molar-refractivity contribution in [2.24, 2.45) is 11.1 Å². The van der Waals surface area contributed by atoms with Gasteiger partial charge in [0.25, 0.3) is 0 Å². The van der Waals surface area contributed by atoms with E-state index in [4.69, 9.17) is 5.73 Å². The van der Waals surface area contributed by atoms with Crippen LogP contribution in [0.5, 0.6) is 0 Å². The van der Waals surface area contributed by atoms with Gasteiger partial charge in [0.1, 0.15) is 0 Å². The minimum absolute atomic E-state index is 0.156. The van der Waals surface area contributed by atoms with Crippen molar-refractivity contribution < 1.29 is 13.2 Å². The lowest BCUT2D eigenvalue weighted by Crippen LogP contribution is -2.30. The van der Waals surface area contributed by atoms with Gasteiger partial charge in [-0.2, -0.15) is 0 Å². The van der Waals surface area contributed by atoms with Gasteiger partial charge in [-0.3, -0.25) is 4.79 Å². The summed E-state index contributed by atoms with van der Waals surface area (Å²) in [6.45, 7) is 7.38. The molecule has 0 fully saturated rings. The topological polar surface area (TPSA) is 77.2 Å². The van der Waals surface area contributed by atoms with Gasteiger partial charge in [0, 0.05) is 15.9 Å². The van der Waals surface area contributed by atoms with Crippen molar-refractivity contribution >= 4 is 15.7 Å². The molecule has 1 heterocycles. The Labute approximate surface area is 106 Å². The van der Waals surface area contributed by atoms with Crippen molar-refractivity contribution in [3.63, 3.8) is 0 Å². The maximum atomic E-state index is 12.3. The molecule has 1 aliphatic rings. The Kier molecular flexibility index (Phi) is 2.63. The molecule has 0 aliphatic carbocycles. The normalized spacial score (nSPS) is 20.2. The predicted octanol–water partition coefficient (Wildman–Crippen LogP) is 1.66. The molecule has 2 rings (SSSR count). The fourth-order valence-corrected chi connectivity index (χ4v) is 4.01. The highest BCUT2D eigenvalue weighted by Crippen LogP contribution is 2.43. The maximum Gasteiger partial charge on any atom is 0.248 e. The van der Waals surface area contributed by atoms with Crippen molar-refractivity contribution in [1.29, 1.82) is 0 Å². The summed E-state index contributed by atoms with van der Waals surface area (Å²) in [6, 6.07) is 4.55. The van der Waals surface area contributed by atoms with E-state index in [9.17, 15) is 13.2 Å². The van der Waals surface area contributed by atoms with E-state index in [0.717, 1.165) is 0 Å². The van der Waals surface area contributed by atoms with Crippen molar-refractivity contribution in [2.75, 3.05) is 0 Å². The number of sulfone groups is 1. The molecule has 0 atom stereocenters. The molecule has 18 heavy (non-hydrogen) atoms. The van der Waals surface area contributed by atoms with Crippen molar-refractivity contribution in [1.82, 2.24) is 0 Å². The van der Waals surface area contributed by atoms with Gasteiger partial charge in [0.2, 0.25) is 15.7 Å². The number of rotatable bonds is 1. The van der Waals surface area contributed by atoms with E-state index in [1.165, 1.54) is 6.07 Å². The molecular formula is C13H15NO3S. The average Bonchev–Trinajstić information content (AvgIpc) is 2.26. The quantitative estimate of drug-likeness (QED) is 0.838. The van der Waals surface area contributed by atoms with Crippen LogP contribution in [0.4, 0.5) is 0 Å². The number of benzene rings is 1. The molecule has 0 bridgehead atoms. The molecule has 0 saturated heterocycles. The van der Waals surface area contributed by atoms with E-state index in [1.807, 2.05) is 13.8 Å². The number of hydrogen-bond acceptors (Lipinski definition) is 3. The van der Waals surface area contributed by atoms with Gasteiger partial charge >= 0.3 is 0 Å². The van der Waals surface area contributed by atoms with Crippen LogP contribution in [0.1, 0.15) is 29.8 Å². The molecule has 4 nitrogen and oxygen atoms in total. The summed E-state index contributed by atoms with van der Waals surface area (Å²) >= 11 is 0. The first-order valence-corrected chi connectivity index (χ1v) is 7.02. The number of allylic oxidation sites excluding steroid dienone is 1. The average molecular weight is 265 g/mol. The van der Waals surface area contributed by atoms with Gasteiger partial charge in [-0.25, -0.2) is 8.42 Å². The highest BCUT2D eigenvalue weighted by atomic mass is 32.2. The highest BCUT2D eigenvalue weighted by molar-refractivity contribution is 7.95. The molecule has 0 spiro atoms. The second-order valence-corrected chi connectivity index (χ2v) is 7.11. The second kappa shape index (κ2) is 3.68. The molecule has 0 saturated carbocycles. The Hall–Kier alpha value is -1.62. The summed E-state index contributed by atoms with van der Waals surface area (Å²) in [5, 5.41) is 0. The largest absolute Gasteiger partial charge is 0.366 e. The molecule has 1 aromatic carbocycles. The van der Waals surface area contributed by atoms with E-state index < -0.39 is 21.2 Å². The molecule has 1 aromatic rings. The zero-order valence-electron chi connectivity index (χ0n) is 10.4. The van der Waals surface area contributed by atoms with Crippen molar-refractivity contribution in [3.05, 3.63) is 40.8 Å². The van der Waals surface area contributed by atoms with E-state index in [2.05, 4.69) is 6.58 Å². The van der Waals surface area contributed by atoms with Crippen LogP contribution in [0.25, 0.3) is 0 Å². The van der Waals surface area contributed by atoms with Crippen LogP contribution in [0.3, 0.4) is 0 Å². The Morgan fingerprint density at radius 2 is 2.00 bits per heavy atom. The number of nitrogens with two attached hydrogens (primary N) is 1. The molecule has 0 unspecified atom stereocenters. The summed E-state index contributed by atoms with van der Waals surface area (Å²) in [5.74, 6) is -0.636. The summed E-state index contributed by atoms with van der Waals surface area (Å²) < 4.78 is 24.7. The summed E-state index contributed by atoms with van der Waals surface area (Å²) in [6.07, 6.45) is 0.583. The van der Waals surface area contributed by atoms with Gasteiger partial charge in [0.05, 0.1) is 4.90 Å². The third-order valence-corrected chi connectivity index (χ3v) is 5.51. The highest BCUT2D eigenvalue weighted by Gasteiger charge is 2.39. The zero-order valence-corrected chi connectivity index (χ0v) is 11.2. The van der Waals surface area contributed by atoms with E-state index in [0.29, 0.717) is 12.0 Å². The first kappa shape index (κ1) is 12.8. The standard InChI is InChI=1S/C13H15NO3S/c1-8-13(2,3)7-10-5-4-9(12(14)15)6-11(10)18(8,16)17/h4-6H,1,7H2,2-3H3,(H2,14,15). The minimum atomic E-state index is -3.59. The van der Waals surface area contributed by atoms with Crippen LogP contribution < -0.4 is 5.73 Å². The SMILES string of the molecule is C=C1C(C)(C)Cc2ccc(C(N)=O)cc2S1(=O)=O. The smallest absolute Gasteiger partial charge is 0.248 e. The van der Waals surface area contributed by atoms with Gasteiger partial charge in [0.15, 0.2) is 0 Å². The lowest BCUT2D eigenvalue weighted by molar-refractivity contribution is 0.1000. The third-order valence-electron chi connectivity index (χ3n) is 3.35. The monoisotopic (exact) mass is 265 g/mol. The van der Waals surface area contributed by atoms with Crippen LogP contribution in [0, 0.1) is 5.41 Å². The Morgan fingerprint density at radius 3 is 2.56 bits per heavy atom. The van der Waals surface area contributed by atoms with E-state index in [-0.39, 0.29) is 15.4 Å². The van der Waals surface area contributed by atoms with Crippen molar-refractivity contribution in [2.45, 2.75) is 25.2 Å². The number of fused-ring (bicyclic) bond motifs is 1. The lowest BCUT2D eigenvalue weighted by Gasteiger charge is -2.33. The predicted molar refractivity (Wildman–Crippen MR) is 68.8 cm³/mol. The fourth-order valence-electron chi connectivity index (χ4n) is 2.18. The molecule has 5 heteroatoms. The molecule has 1 amide bonds. The first-order chi connectivity index (χ1) is 8.16. The number of amides is 1. The Balaban J connectivity index is 2.73. The molecule has 0 radical (unpaired) electrons. The number of hydrogen-bond donors (Lipinski definition) is 1. The minimum Gasteiger partial charge on any atom is -0.366 e. The van der Waals surface area contributed by atoms with Crippen LogP contribution in [0.15, 0.2) is 34.6 Å². The van der Waals surface area contributed by atoms with Gasteiger partial charge in [-0.15, -0.1) is 0 Å². The summed E-state index contributed by atoms with van der Waals surface area (Å²) in [4.78, 5) is 11.5. The fraction of sp³-hybridized carbons (Fsp3) is 0.308. The van der Waals surface area contributed by atoms with E-state index in [1.54, 1.807) is 12.1 Å². The van der Waals surface area contributed by atoms with Gasteiger partial charge in [-0.1, -0.05) is 26.5 Å². The summed E-state index contributed by atoms with van der Waals surface area (Å²) in [5.41, 5.74) is 5.57. The molecule has 1 aliphatic heterocycles. The Morgan fingerprint density at radius 1 is 1.39 bits per heavy atom. The van der Waals surface area contributed by atoms with Crippen LogP contribution in [-0.4, -0.2) is 14.3 Å². The first-order valence-electron chi connectivity index (χ1n) is 5.53. The molecule has 0 aromatic heterocycles. The van der Waals surface area contributed by atoms with Crippen LogP contribution in [-0.2, 0) is 16.3 Å². The molecule has 96 valence electrons. The zero-order chi connectivity index (χ0) is 13.7. The van der Waals surface area contributed by atoms with Crippen LogP contribution >= 0.6 is 0 Å². The Bertz CT molecular complexity index is 657. The number of carbonyl (C=O) groups is 1. The molecule has 2 N–H and O–H groups in total. The third kappa shape index (κ3) is 1.75. The lowest BCUT2D eigenvalue weighted by atomic mass is 9.85. The maximum absolute atomic E-state index is 12.3. The van der Waals surface area contributed by atoms with Gasteiger partial charge in [-0.05, 0) is 24.1 Å². The van der Waals surface area contributed by atoms with Crippen molar-refractivity contribution in [3.8, 4) is 0 Å². The number of primary amides is 1. The molecular weight excluding hydrogens is 250 g/mol. The van der Waals surface area contributed by atoms with E-state index >= 15 is 0 Å². The van der Waals surface area contributed by atoms with Crippen LogP contribution in [0.2, 0.25) is 0 Å². The van der Waals surface area contributed by atoms with Gasteiger partial charge < -0.3 is 5.73 Å².